The number of anilines is 1. The normalized spacial score (nSPS) is 11.2. The molecule has 0 aliphatic carbocycles. The van der Waals surface area contributed by atoms with Crippen molar-refractivity contribution in [2.75, 3.05) is 11.9 Å². The smallest absolute Gasteiger partial charge is 0.0401 e. The van der Waals surface area contributed by atoms with Gasteiger partial charge in [-0.2, -0.15) is 0 Å². The van der Waals surface area contributed by atoms with Crippen LogP contribution in [0.2, 0.25) is 0 Å². The Morgan fingerprint density at radius 3 is 2.19 bits per heavy atom. The van der Waals surface area contributed by atoms with E-state index in [1.165, 1.54) is 16.8 Å². The second-order valence-corrected chi connectivity index (χ2v) is 5.10. The van der Waals surface area contributed by atoms with Gasteiger partial charge in [-0.1, -0.05) is 32.9 Å². The molecular weight excluding hydrogens is 194 g/mol. The maximum absolute atomic E-state index is 2.37. The van der Waals surface area contributed by atoms with Crippen molar-refractivity contribution in [1.29, 1.82) is 0 Å². The van der Waals surface area contributed by atoms with Crippen LogP contribution in [0.4, 0.5) is 5.69 Å². The van der Waals surface area contributed by atoms with Gasteiger partial charge in [0.25, 0.3) is 0 Å². The highest BCUT2D eigenvalue weighted by Gasteiger charge is 2.11. The van der Waals surface area contributed by atoms with Crippen LogP contribution in [0.15, 0.2) is 18.2 Å². The van der Waals surface area contributed by atoms with E-state index in [1.54, 1.807) is 0 Å². The Balaban J connectivity index is 3.16. The van der Waals surface area contributed by atoms with E-state index in [2.05, 4.69) is 64.8 Å². The largest absolute Gasteiger partial charge is 0.372 e. The average Bonchev–Trinajstić information content (AvgIpc) is 2.26. The lowest BCUT2D eigenvalue weighted by Gasteiger charge is -2.27. The molecule has 1 heteroatoms. The fourth-order valence-corrected chi connectivity index (χ4v) is 1.85. The van der Waals surface area contributed by atoms with Crippen LogP contribution in [0, 0.1) is 0 Å². The molecule has 0 N–H and O–H groups in total. The molecule has 1 rings (SSSR count). The van der Waals surface area contributed by atoms with Crippen molar-refractivity contribution < 1.29 is 0 Å². The number of aryl methyl sites for hydroxylation is 1. The van der Waals surface area contributed by atoms with Crippen LogP contribution < -0.4 is 4.90 Å². The first-order valence-corrected chi connectivity index (χ1v) is 6.33. The highest BCUT2D eigenvalue weighted by molar-refractivity contribution is 5.56. The fourth-order valence-electron chi connectivity index (χ4n) is 1.85. The molecule has 1 aromatic rings. The molecule has 0 amide bonds. The van der Waals surface area contributed by atoms with Gasteiger partial charge in [0, 0.05) is 18.8 Å². The predicted octanol–water partition coefficient (Wildman–Crippen LogP) is 4.22. The average molecular weight is 219 g/mol. The van der Waals surface area contributed by atoms with Crippen molar-refractivity contribution in [2.45, 2.75) is 53.0 Å². The number of hydrogen-bond donors (Lipinski definition) is 0. The van der Waals surface area contributed by atoms with Gasteiger partial charge in [-0.15, -0.1) is 0 Å². The van der Waals surface area contributed by atoms with Crippen LogP contribution in [-0.4, -0.2) is 13.1 Å². The maximum Gasteiger partial charge on any atom is 0.0401 e. The molecule has 1 aromatic carbocycles. The number of hydrogen-bond acceptors (Lipinski definition) is 1. The van der Waals surface area contributed by atoms with Crippen molar-refractivity contribution in [3.63, 3.8) is 0 Å². The fraction of sp³-hybridized carbons (Fsp3) is 0.600. The van der Waals surface area contributed by atoms with E-state index in [9.17, 15) is 0 Å². The summed E-state index contributed by atoms with van der Waals surface area (Å²) in [5.74, 6) is 0.602. The second-order valence-electron chi connectivity index (χ2n) is 5.10. The summed E-state index contributed by atoms with van der Waals surface area (Å²) in [7, 11) is 2.18. The molecular formula is C15H25N. The molecule has 0 heterocycles. The molecule has 0 atom stereocenters. The summed E-state index contributed by atoms with van der Waals surface area (Å²) >= 11 is 0. The van der Waals surface area contributed by atoms with Gasteiger partial charge in [0.05, 0.1) is 0 Å². The van der Waals surface area contributed by atoms with Gasteiger partial charge in [0.2, 0.25) is 0 Å². The van der Waals surface area contributed by atoms with Crippen molar-refractivity contribution in [3.8, 4) is 0 Å². The van der Waals surface area contributed by atoms with Crippen LogP contribution in [0.5, 0.6) is 0 Å². The maximum atomic E-state index is 2.37. The van der Waals surface area contributed by atoms with Gasteiger partial charge in [0.1, 0.15) is 0 Å². The van der Waals surface area contributed by atoms with Gasteiger partial charge < -0.3 is 4.90 Å². The Hall–Kier alpha value is -0.980. The van der Waals surface area contributed by atoms with E-state index < -0.39 is 0 Å². The summed E-state index contributed by atoms with van der Waals surface area (Å²) in [6.07, 6.45) is 1.10. The Morgan fingerprint density at radius 2 is 1.75 bits per heavy atom. The summed E-state index contributed by atoms with van der Waals surface area (Å²) < 4.78 is 0. The quantitative estimate of drug-likeness (QED) is 0.733. The van der Waals surface area contributed by atoms with Crippen LogP contribution in [0.1, 0.15) is 51.7 Å². The summed E-state index contributed by atoms with van der Waals surface area (Å²) in [6, 6.07) is 7.45. The predicted molar refractivity (Wildman–Crippen MR) is 73.4 cm³/mol. The van der Waals surface area contributed by atoms with Crippen LogP contribution in [0.3, 0.4) is 0 Å². The third-order valence-corrected chi connectivity index (χ3v) is 3.31. The first-order chi connectivity index (χ1) is 7.47. The zero-order valence-corrected chi connectivity index (χ0v) is 11.5. The van der Waals surface area contributed by atoms with E-state index in [0.29, 0.717) is 12.0 Å². The standard InChI is InChI=1S/C15H25N/c1-7-13-8-9-14(11(2)3)10-15(13)16(6)12(4)5/h8-12H,7H2,1-6H3. The van der Waals surface area contributed by atoms with E-state index >= 15 is 0 Å². The van der Waals surface area contributed by atoms with Crippen LogP contribution in [0.25, 0.3) is 0 Å². The summed E-state index contributed by atoms with van der Waals surface area (Å²) in [5.41, 5.74) is 4.27. The molecule has 0 bridgehead atoms. The minimum absolute atomic E-state index is 0.549. The number of rotatable bonds is 4. The van der Waals surface area contributed by atoms with Gasteiger partial charge in [-0.3, -0.25) is 0 Å². The molecule has 0 unspecified atom stereocenters. The molecule has 1 nitrogen and oxygen atoms in total. The van der Waals surface area contributed by atoms with Crippen molar-refractivity contribution in [2.24, 2.45) is 0 Å². The van der Waals surface area contributed by atoms with Gasteiger partial charge in [-0.05, 0) is 43.4 Å². The molecule has 0 aliphatic rings. The lowest BCUT2D eigenvalue weighted by atomic mass is 9.98. The van der Waals surface area contributed by atoms with Gasteiger partial charge >= 0.3 is 0 Å². The summed E-state index contributed by atoms with van der Waals surface area (Å²) in [5, 5.41) is 0. The van der Waals surface area contributed by atoms with Crippen LogP contribution in [-0.2, 0) is 6.42 Å². The first kappa shape index (κ1) is 13.1. The third-order valence-electron chi connectivity index (χ3n) is 3.31. The molecule has 90 valence electrons. The Labute approximate surface area is 100 Å². The SMILES string of the molecule is CCc1ccc(C(C)C)cc1N(C)C(C)C. The van der Waals surface area contributed by atoms with Crippen molar-refractivity contribution >= 4 is 5.69 Å². The molecule has 0 saturated heterocycles. The highest BCUT2D eigenvalue weighted by Crippen LogP contribution is 2.26. The Kier molecular flexibility index (Phi) is 4.40. The van der Waals surface area contributed by atoms with Gasteiger partial charge in [-0.25, -0.2) is 0 Å². The van der Waals surface area contributed by atoms with E-state index in [4.69, 9.17) is 0 Å². The van der Waals surface area contributed by atoms with E-state index in [-0.39, 0.29) is 0 Å². The van der Waals surface area contributed by atoms with E-state index in [0.717, 1.165) is 6.42 Å². The summed E-state index contributed by atoms with van der Waals surface area (Å²) in [4.78, 5) is 2.37. The van der Waals surface area contributed by atoms with E-state index in [1.807, 2.05) is 0 Å². The molecule has 0 radical (unpaired) electrons. The van der Waals surface area contributed by atoms with Gasteiger partial charge in [0.15, 0.2) is 0 Å². The zero-order valence-electron chi connectivity index (χ0n) is 11.5. The molecule has 0 spiro atoms. The minimum Gasteiger partial charge on any atom is -0.372 e. The minimum atomic E-state index is 0.549. The van der Waals surface area contributed by atoms with Crippen molar-refractivity contribution in [1.82, 2.24) is 0 Å². The summed E-state index contributed by atoms with van der Waals surface area (Å²) in [6.45, 7) is 11.2. The topological polar surface area (TPSA) is 3.24 Å². The van der Waals surface area contributed by atoms with Crippen LogP contribution >= 0.6 is 0 Å². The second kappa shape index (κ2) is 5.38. The number of benzene rings is 1. The zero-order chi connectivity index (χ0) is 12.3. The molecule has 0 fully saturated rings. The highest BCUT2D eigenvalue weighted by atomic mass is 15.1. The first-order valence-electron chi connectivity index (χ1n) is 6.33. The lowest BCUT2D eigenvalue weighted by molar-refractivity contribution is 0.747. The monoisotopic (exact) mass is 219 g/mol. The lowest BCUT2D eigenvalue weighted by Crippen LogP contribution is -2.26. The van der Waals surface area contributed by atoms with Crippen molar-refractivity contribution in [3.05, 3.63) is 29.3 Å². The Morgan fingerprint density at radius 1 is 1.12 bits per heavy atom. The third kappa shape index (κ3) is 2.78. The molecule has 0 saturated carbocycles. The molecule has 0 aliphatic heterocycles. The molecule has 16 heavy (non-hydrogen) atoms. The molecule has 0 aromatic heterocycles. The number of nitrogens with zero attached hydrogens (tertiary/aromatic N) is 1. The Bertz CT molecular complexity index is 339.